The van der Waals surface area contributed by atoms with Crippen LogP contribution in [-0.4, -0.2) is 35.1 Å². The number of nitrogens with one attached hydrogen (secondary N) is 2. The number of fused-ring (bicyclic) bond motifs is 1. The van der Waals surface area contributed by atoms with E-state index >= 15 is 0 Å². The summed E-state index contributed by atoms with van der Waals surface area (Å²) in [5, 5.41) is 4.53. The quantitative estimate of drug-likeness (QED) is 0.226. The lowest BCUT2D eigenvalue weighted by atomic mass is 10.1. The predicted octanol–water partition coefficient (Wildman–Crippen LogP) is 4.37. The van der Waals surface area contributed by atoms with E-state index in [0.29, 0.717) is 29.3 Å². The number of pyridine rings is 2. The molecule has 0 saturated heterocycles. The number of carbonyl (C=O) groups excluding carboxylic acids is 2. The Bertz CT molecular complexity index is 1410. The number of halogens is 1. The van der Waals surface area contributed by atoms with Gasteiger partial charge in [0.25, 0.3) is 5.91 Å². The number of hydrogen-bond donors (Lipinski definition) is 3. The average molecular weight is 506 g/mol. The number of rotatable bonds is 9. The highest BCUT2D eigenvalue weighted by atomic mass is 35.5. The monoisotopic (exact) mass is 505 g/mol. The second-order valence-electron chi connectivity index (χ2n) is 7.74. The van der Waals surface area contributed by atoms with E-state index in [2.05, 4.69) is 26.8 Å². The number of amides is 1. The van der Waals surface area contributed by atoms with Crippen molar-refractivity contribution >= 4 is 45.9 Å². The van der Waals surface area contributed by atoms with Gasteiger partial charge in [-0.3, -0.25) is 14.6 Å². The van der Waals surface area contributed by atoms with E-state index in [4.69, 9.17) is 26.9 Å². The van der Waals surface area contributed by atoms with Gasteiger partial charge in [0.1, 0.15) is 5.82 Å². The van der Waals surface area contributed by atoms with Crippen LogP contribution in [0.2, 0.25) is 5.02 Å². The van der Waals surface area contributed by atoms with Crippen LogP contribution in [0.3, 0.4) is 0 Å². The van der Waals surface area contributed by atoms with E-state index in [1.54, 1.807) is 43.5 Å². The zero-order valence-corrected chi connectivity index (χ0v) is 20.2. The van der Waals surface area contributed by atoms with Gasteiger partial charge in [-0.25, -0.2) is 15.3 Å². The second-order valence-corrected chi connectivity index (χ2v) is 8.15. The Kier molecular flexibility index (Phi) is 7.94. The molecule has 4 N–H and O–H groups in total. The summed E-state index contributed by atoms with van der Waals surface area (Å²) < 4.78 is 4.73. The maximum atomic E-state index is 12.3. The zero-order chi connectivity index (χ0) is 25.5. The first-order chi connectivity index (χ1) is 17.4. The first-order valence-corrected chi connectivity index (χ1v) is 11.5. The van der Waals surface area contributed by atoms with Crippen LogP contribution < -0.4 is 16.5 Å². The van der Waals surface area contributed by atoms with Gasteiger partial charge in [-0.15, -0.1) is 0 Å². The summed E-state index contributed by atoms with van der Waals surface area (Å²) in [6.45, 7) is 2.02. The van der Waals surface area contributed by atoms with Crippen LogP contribution in [0.25, 0.3) is 22.2 Å². The van der Waals surface area contributed by atoms with Gasteiger partial charge in [0.2, 0.25) is 0 Å². The van der Waals surface area contributed by atoms with Crippen LogP contribution in [0.4, 0.5) is 11.5 Å². The highest BCUT2D eigenvalue weighted by Crippen LogP contribution is 2.28. The third-order valence-electron chi connectivity index (χ3n) is 5.22. The summed E-state index contributed by atoms with van der Waals surface area (Å²) in [6, 6.07) is 18.4. The van der Waals surface area contributed by atoms with Crippen molar-refractivity contribution in [3.8, 4) is 11.3 Å². The number of hydroxylamine groups is 1. The minimum Gasteiger partial charge on any atom is -0.464 e. The molecule has 1 amide bonds. The molecule has 0 spiro atoms. The maximum Gasteiger partial charge on any atom is 0.334 e. The molecule has 184 valence electrons. The lowest BCUT2D eigenvalue weighted by molar-refractivity contribution is -0.150. The predicted molar refractivity (Wildman–Crippen MR) is 138 cm³/mol. The summed E-state index contributed by atoms with van der Waals surface area (Å²) in [6.07, 6.45) is 1.77. The number of anilines is 2. The summed E-state index contributed by atoms with van der Waals surface area (Å²) in [7, 11) is 0. The molecule has 0 radical (unpaired) electrons. The molecular weight excluding hydrogens is 482 g/mol. The number of hydrogen-bond acceptors (Lipinski definition) is 8. The summed E-state index contributed by atoms with van der Waals surface area (Å²) in [5.74, 6) is -0.645. The van der Waals surface area contributed by atoms with Crippen molar-refractivity contribution in [1.29, 1.82) is 0 Å². The number of nitrogen functional groups attached to an aromatic ring is 1. The van der Waals surface area contributed by atoms with Gasteiger partial charge in [0.15, 0.2) is 6.61 Å². The van der Waals surface area contributed by atoms with Crippen LogP contribution in [0, 0.1) is 0 Å². The van der Waals surface area contributed by atoms with E-state index in [-0.39, 0.29) is 17.2 Å². The molecule has 2 aromatic heterocycles. The number of esters is 1. The smallest absolute Gasteiger partial charge is 0.334 e. The Labute approximate surface area is 212 Å². The minimum atomic E-state index is -0.589. The molecule has 4 aromatic rings. The molecule has 0 atom stereocenters. The van der Waals surface area contributed by atoms with Gasteiger partial charge in [0, 0.05) is 23.7 Å². The van der Waals surface area contributed by atoms with Gasteiger partial charge >= 0.3 is 5.97 Å². The highest BCUT2D eigenvalue weighted by molar-refractivity contribution is 6.34. The average Bonchev–Trinajstić information content (AvgIpc) is 2.88. The summed E-state index contributed by atoms with van der Waals surface area (Å²) in [4.78, 5) is 37.5. The Morgan fingerprint density at radius 3 is 2.75 bits per heavy atom. The molecule has 0 aliphatic rings. The molecule has 36 heavy (non-hydrogen) atoms. The Morgan fingerprint density at radius 2 is 1.94 bits per heavy atom. The second kappa shape index (κ2) is 11.5. The molecule has 10 heteroatoms. The lowest BCUT2D eigenvalue weighted by Crippen LogP contribution is -2.27. The Balaban J connectivity index is 1.44. The molecule has 0 aliphatic carbocycles. The van der Waals surface area contributed by atoms with Crippen molar-refractivity contribution in [1.82, 2.24) is 15.4 Å². The number of benzene rings is 2. The van der Waals surface area contributed by atoms with Crippen LogP contribution in [-0.2, 0) is 20.9 Å². The largest absolute Gasteiger partial charge is 0.464 e. The number of ether oxygens (including phenoxy) is 1. The number of nitrogens with zero attached hydrogens (tertiary/aromatic N) is 2. The standard InChI is InChI=1S/C26H24ClN5O4/c1-2-35-24(33)15-36-32-26(34)19-7-6-18(13-20(19)27)23-10-8-21(28)25(31-23)30-14-16-5-9-22-17(12-16)4-3-11-29-22/h3-13H,2,14-15,28H2,1H3,(H,30,31)(H,32,34). The molecular formula is C26H24ClN5O4. The maximum absolute atomic E-state index is 12.3. The zero-order valence-electron chi connectivity index (χ0n) is 19.5. The lowest BCUT2D eigenvalue weighted by Gasteiger charge is -2.12. The van der Waals surface area contributed by atoms with E-state index in [1.165, 1.54) is 0 Å². The van der Waals surface area contributed by atoms with Crippen LogP contribution in [0.5, 0.6) is 0 Å². The van der Waals surface area contributed by atoms with E-state index < -0.39 is 18.5 Å². The van der Waals surface area contributed by atoms with Gasteiger partial charge in [-0.2, -0.15) is 0 Å². The fourth-order valence-corrected chi connectivity index (χ4v) is 3.74. The fourth-order valence-electron chi connectivity index (χ4n) is 3.47. The van der Waals surface area contributed by atoms with Gasteiger partial charge in [-0.1, -0.05) is 29.8 Å². The molecule has 0 saturated carbocycles. The first kappa shape index (κ1) is 24.9. The minimum absolute atomic E-state index is 0.184. The SMILES string of the molecule is CCOC(=O)CONC(=O)c1ccc(-c2ccc(N)c(NCc3ccc4ncccc4c3)n2)cc1Cl. The van der Waals surface area contributed by atoms with Crippen molar-refractivity contribution in [3.63, 3.8) is 0 Å². The van der Waals surface area contributed by atoms with Crippen molar-refractivity contribution in [2.24, 2.45) is 0 Å². The molecule has 0 aliphatic heterocycles. The van der Waals surface area contributed by atoms with Gasteiger partial charge in [-0.05, 0) is 55.0 Å². The van der Waals surface area contributed by atoms with Crippen molar-refractivity contribution < 1.29 is 19.2 Å². The molecule has 2 heterocycles. The normalized spacial score (nSPS) is 10.7. The van der Waals surface area contributed by atoms with Crippen LogP contribution in [0.1, 0.15) is 22.8 Å². The van der Waals surface area contributed by atoms with Gasteiger partial charge in [0.05, 0.1) is 34.1 Å². The summed E-state index contributed by atoms with van der Waals surface area (Å²) >= 11 is 6.34. The first-order valence-electron chi connectivity index (χ1n) is 11.2. The number of aromatic nitrogens is 2. The summed E-state index contributed by atoms with van der Waals surface area (Å²) in [5.41, 5.74) is 12.3. The molecule has 0 fully saturated rings. The van der Waals surface area contributed by atoms with E-state index in [9.17, 15) is 9.59 Å². The molecule has 0 bridgehead atoms. The third-order valence-corrected chi connectivity index (χ3v) is 5.54. The Morgan fingerprint density at radius 1 is 1.08 bits per heavy atom. The van der Waals surface area contributed by atoms with Crippen molar-refractivity contribution in [3.05, 3.63) is 83.0 Å². The molecule has 4 rings (SSSR count). The van der Waals surface area contributed by atoms with E-state index in [1.807, 2.05) is 24.3 Å². The van der Waals surface area contributed by atoms with Crippen molar-refractivity contribution in [2.75, 3.05) is 24.3 Å². The van der Waals surface area contributed by atoms with E-state index in [0.717, 1.165) is 16.5 Å². The van der Waals surface area contributed by atoms with Gasteiger partial charge < -0.3 is 15.8 Å². The number of nitrogens with two attached hydrogens (primary N) is 1. The fraction of sp³-hybridized carbons (Fsp3) is 0.154. The number of carbonyl (C=O) groups is 2. The molecule has 9 nitrogen and oxygen atoms in total. The molecule has 0 unspecified atom stereocenters. The third kappa shape index (κ3) is 6.07. The molecule has 2 aromatic carbocycles. The van der Waals surface area contributed by atoms with Crippen LogP contribution >= 0.6 is 11.6 Å². The topological polar surface area (TPSA) is 128 Å². The van der Waals surface area contributed by atoms with Crippen LogP contribution in [0.15, 0.2) is 66.9 Å². The Hall–Kier alpha value is -4.21. The highest BCUT2D eigenvalue weighted by Gasteiger charge is 2.14. The van der Waals surface area contributed by atoms with Crippen molar-refractivity contribution in [2.45, 2.75) is 13.5 Å².